The Hall–Kier alpha value is -1.73. The molecule has 6 nitrogen and oxygen atoms in total. The second kappa shape index (κ2) is 8.65. The lowest BCUT2D eigenvalue weighted by Gasteiger charge is -2.22. The van der Waals surface area contributed by atoms with Gasteiger partial charge in [-0.2, -0.15) is 0 Å². The molecule has 1 rings (SSSR count). The molecule has 0 heterocycles. The first-order chi connectivity index (χ1) is 10.3. The zero-order valence-electron chi connectivity index (χ0n) is 12.8. The van der Waals surface area contributed by atoms with Crippen LogP contribution in [0, 0.1) is 0 Å². The first kappa shape index (κ1) is 18.3. The van der Waals surface area contributed by atoms with Gasteiger partial charge in [-0.1, -0.05) is 12.1 Å². The Morgan fingerprint density at radius 3 is 2.32 bits per heavy atom. The van der Waals surface area contributed by atoms with E-state index in [1.54, 1.807) is 26.2 Å². The lowest BCUT2D eigenvalue weighted by atomic mass is 10.1. The first-order valence-electron chi connectivity index (χ1n) is 6.78. The molecule has 0 saturated heterocycles. The number of rotatable bonds is 8. The number of methoxy groups -OCH3 is 1. The number of carbonyl (C=O) groups excluding carboxylic acids is 1. The fourth-order valence-electron chi connectivity index (χ4n) is 1.93. The highest BCUT2D eigenvalue weighted by Gasteiger charge is 2.24. The monoisotopic (exact) mass is 327 g/mol. The Morgan fingerprint density at radius 2 is 1.91 bits per heavy atom. The van der Waals surface area contributed by atoms with Crippen molar-refractivity contribution in [1.29, 1.82) is 0 Å². The normalized spacial score (nSPS) is 14.7. The minimum atomic E-state index is -1.10. The molecule has 22 heavy (non-hydrogen) atoms. The first-order valence-corrected chi connectivity index (χ1v) is 7.83. The summed E-state index contributed by atoms with van der Waals surface area (Å²) >= 11 is 1.29. The highest BCUT2D eigenvalue weighted by atomic mass is 32.2. The molecule has 1 amide bonds. The van der Waals surface area contributed by atoms with Crippen LogP contribution in [0.15, 0.2) is 24.3 Å². The van der Waals surface area contributed by atoms with Crippen LogP contribution in [-0.4, -0.2) is 47.1 Å². The molecule has 0 aliphatic rings. The molecular formula is C15H21NO5S. The molecule has 0 aliphatic heterocycles. The molecule has 3 atom stereocenters. The Kier molecular flexibility index (Phi) is 7.20. The molecule has 0 aliphatic carbocycles. The van der Waals surface area contributed by atoms with E-state index in [1.165, 1.54) is 18.7 Å². The van der Waals surface area contributed by atoms with Gasteiger partial charge in [0, 0.05) is 12.7 Å². The molecule has 3 N–H and O–H groups in total. The summed E-state index contributed by atoms with van der Waals surface area (Å²) in [6.45, 7) is 2.92. The Labute approximate surface area is 133 Å². The number of carboxylic acid groups (broad SMARTS) is 1. The van der Waals surface area contributed by atoms with Crippen molar-refractivity contribution in [3.8, 4) is 5.75 Å². The van der Waals surface area contributed by atoms with E-state index < -0.39 is 24.0 Å². The molecule has 3 unspecified atom stereocenters. The van der Waals surface area contributed by atoms with Crippen molar-refractivity contribution < 1.29 is 24.5 Å². The number of carbonyl (C=O) groups is 2. The molecular weight excluding hydrogens is 306 g/mol. The number of aliphatic hydroxyl groups is 1. The predicted octanol–water partition coefficient (Wildman–Crippen LogP) is 1.44. The summed E-state index contributed by atoms with van der Waals surface area (Å²) in [6.07, 6.45) is -0.662. The number of aliphatic hydroxyl groups excluding tert-OH is 1. The number of carboxylic acids is 1. The van der Waals surface area contributed by atoms with E-state index in [9.17, 15) is 14.7 Å². The molecule has 0 bridgehead atoms. The molecule has 7 heteroatoms. The molecule has 122 valence electrons. The van der Waals surface area contributed by atoms with Crippen LogP contribution >= 0.6 is 11.8 Å². The van der Waals surface area contributed by atoms with E-state index >= 15 is 0 Å². The van der Waals surface area contributed by atoms with E-state index in [0.717, 1.165) is 5.56 Å². The second-order valence-electron chi connectivity index (χ2n) is 4.86. The maximum atomic E-state index is 11.1. The van der Waals surface area contributed by atoms with Gasteiger partial charge in [-0.15, -0.1) is 11.8 Å². The van der Waals surface area contributed by atoms with Gasteiger partial charge in [-0.25, -0.2) is 4.79 Å². The van der Waals surface area contributed by atoms with Crippen molar-refractivity contribution in [2.45, 2.75) is 31.2 Å². The summed E-state index contributed by atoms with van der Waals surface area (Å²) in [6, 6.07) is 6.25. The van der Waals surface area contributed by atoms with Gasteiger partial charge in [0.1, 0.15) is 11.8 Å². The third-order valence-electron chi connectivity index (χ3n) is 3.00. The summed E-state index contributed by atoms with van der Waals surface area (Å²) in [4.78, 5) is 22.2. The molecule has 0 aromatic heterocycles. The molecule has 0 fully saturated rings. The highest BCUT2D eigenvalue weighted by molar-refractivity contribution is 7.99. The van der Waals surface area contributed by atoms with Gasteiger partial charge < -0.3 is 20.3 Å². The van der Waals surface area contributed by atoms with E-state index in [1.807, 2.05) is 12.1 Å². The molecule has 1 aromatic rings. The Morgan fingerprint density at radius 1 is 1.32 bits per heavy atom. The highest BCUT2D eigenvalue weighted by Crippen LogP contribution is 2.33. The van der Waals surface area contributed by atoms with Crippen LogP contribution < -0.4 is 10.1 Å². The average Bonchev–Trinajstić information content (AvgIpc) is 2.46. The number of hydrogen-bond donors (Lipinski definition) is 3. The van der Waals surface area contributed by atoms with Crippen LogP contribution in [0.25, 0.3) is 0 Å². The molecule has 1 aromatic carbocycles. The summed E-state index contributed by atoms with van der Waals surface area (Å²) in [5.41, 5.74) is 0.868. The van der Waals surface area contributed by atoms with Gasteiger partial charge in [0.05, 0.1) is 18.5 Å². The van der Waals surface area contributed by atoms with Crippen molar-refractivity contribution in [1.82, 2.24) is 5.32 Å². The topological polar surface area (TPSA) is 95.9 Å². The SMILES string of the molecule is COc1ccc(C(SCC(NC(C)=O)C(=O)O)C(C)O)cc1. The van der Waals surface area contributed by atoms with Crippen molar-refractivity contribution in [3.05, 3.63) is 29.8 Å². The van der Waals surface area contributed by atoms with E-state index in [0.29, 0.717) is 5.75 Å². The third-order valence-corrected chi connectivity index (χ3v) is 4.55. The maximum Gasteiger partial charge on any atom is 0.327 e. The second-order valence-corrected chi connectivity index (χ2v) is 6.03. The van der Waals surface area contributed by atoms with Crippen LogP contribution in [0.4, 0.5) is 0 Å². The van der Waals surface area contributed by atoms with Crippen LogP contribution in [-0.2, 0) is 9.59 Å². The van der Waals surface area contributed by atoms with E-state index in [-0.39, 0.29) is 11.0 Å². The smallest absolute Gasteiger partial charge is 0.327 e. The summed E-state index contributed by atoms with van der Waals surface area (Å²) in [5, 5.41) is 21.1. The number of amides is 1. The summed E-state index contributed by atoms with van der Waals surface area (Å²) in [7, 11) is 1.57. The van der Waals surface area contributed by atoms with Gasteiger partial charge in [-0.3, -0.25) is 4.79 Å². The molecule has 0 saturated carbocycles. The predicted molar refractivity (Wildman–Crippen MR) is 85.1 cm³/mol. The summed E-state index contributed by atoms with van der Waals surface area (Å²) < 4.78 is 5.09. The number of benzene rings is 1. The standard InChI is InChI=1S/C15H21NO5S/c1-9(17)14(11-4-6-12(21-3)7-5-11)22-8-13(15(19)20)16-10(2)18/h4-7,9,13-14,17H,8H2,1-3H3,(H,16,18)(H,19,20). The van der Waals surface area contributed by atoms with Crippen LogP contribution in [0.1, 0.15) is 24.7 Å². The van der Waals surface area contributed by atoms with Crippen molar-refractivity contribution in [2.75, 3.05) is 12.9 Å². The Bertz CT molecular complexity index is 503. The number of nitrogens with one attached hydrogen (secondary N) is 1. The lowest BCUT2D eigenvalue weighted by molar-refractivity contribution is -0.140. The van der Waals surface area contributed by atoms with Crippen LogP contribution in [0.3, 0.4) is 0 Å². The summed E-state index contributed by atoms with van der Waals surface area (Å²) in [5.74, 6) is -0.621. The largest absolute Gasteiger partial charge is 0.497 e. The number of thioether (sulfide) groups is 1. The lowest BCUT2D eigenvalue weighted by Crippen LogP contribution is -2.41. The molecule has 0 radical (unpaired) electrons. The van der Waals surface area contributed by atoms with Gasteiger partial charge >= 0.3 is 5.97 Å². The Balaban J connectivity index is 2.78. The number of aliphatic carboxylic acids is 1. The zero-order valence-corrected chi connectivity index (χ0v) is 13.6. The molecule has 0 spiro atoms. The number of ether oxygens (including phenoxy) is 1. The van der Waals surface area contributed by atoms with Crippen molar-refractivity contribution in [2.24, 2.45) is 0 Å². The van der Waals surface area contributed by atoms with Crippen LogP contribution in [0.5, 0.6) is 5.75 Å². The zero-order chi connectivity index (χ0) is 16.7. The fourth-order valence-corrected chi connectivity index (χ4v) is 3.18. The minimum Gasteiger partial charge on any atom is -0.497 e. The van der Waals surface area contributed by atoms with Crippen molar-refractivity contribution >= 4 is 23.6 Å². The van der Waals surface area contributed by atoms with Crippen molar-refractivity contribution in [3.63, 3.8) is 0 Å². The quantitative estimate of drug-likeness (QED) is 0.669. The van der Waals surface area contributed by atoms with E-state index in [2.05, 4.69) is 5.32 Å². The maximum absolute atomic E-state index is 11.1. The van der Waals surface area contributed by atoms with Gasteiger partial charge in [-0.05, 0) is 24.6 Å². The number of hydrogen-bond acceptors (Lipinski definition) is 5. The van der Waals surface area contributed by atoms with Gasteiger partial charge in [0.2, 0.25) is 5.91 Å². The minimum absolute atomic E-state index is 0.163. The average molecular weight is 327 g/mol. The fraction of sp³-hybridized carbons (Fsp3) is 0.467. The van der Waals surface area contributed by atoms with Gasteiger partial charge in [0.15, 0.2) is 0 Å². The van der Waals surface area contributed by atoms with Gasteiger partial charge in [0.25, 0.3) is 0 Å². The van der Waals surface area contributed by atoms with E-state index in [4.69, 9.17) is 9.84 Å². The van der Waals surface area contributed by atoms with Crippen LogP contribution in [0.2, 0.25) is 0 Å². The third kappa shape index (κ3) is 5.57.